The van der Waals surface area contributed by atoms with Crippen molar-refractivity contribution >= 4 is 23.5 Å². The fourth-order valence-electron chi connectivity index (χ4n) is 1.85. The molecule has 0 aliphatic carbocycles. The maximum Gasteiger partial charge on any atom is 0.341 e. The minimum absolute atomic E-state index is 0.469. The van der Waals surface area contributed by atoms with Crippen molar-refractivity contribution in [3.8, 4) is 0 Å². The van der Waals surface area contributed by atoms with Crippen molar-refractivity contribution in [2.75, 3.05) is 0 Å². The van der Waals surface area contributed by atoms with Crippen LogP contribution >= 0.6 is 0 Å². The molecule has 0 heterocycles. The van der Waals surface area contributed by atoms with E-state index < -0.39 is 51.8 Å². The Labute approximate surface area is 122 Å². The number of nitrogens with zero attached hydrogens (tertiary/aromatic N) is 1. The van der Waals surface area contributed by atoms with Gasteiger partial charge in [-0.1, -0.05) is 0 Å². The SMILES string of the molecule is CC(=O)NC(Cc1cc(F)ccc1[N+](=O)[O-])(C(=O)O)C(=O)O. The normalized spacial score (nSPS) is 10.8. The van der Waals surface area contributed by atoms with Gasteiger partial charge in [0.1, 0.15) is 5.82 Å². The fraction of sp³-hybridized carbons (Fsp3) is 0.250. The van der Waals surface area contributed by atoms with E-state index in [0.29, 0.717) is 6.07 Å². The van der Waals surface area contributed by atoms with Gasteiger partial charge < -0.3 is 15.5 Å². The van der Waals surface area contributed by atoms with E-state index in [9.17, 15) is 28.9 Å². The zero-order valence-electron chi connectivity index (χ0n) is 11.2. The van der Waals surface area contributed by atoms with Gasteiger partial charge in [0.15, 0.2) is 0 Å². The number of hydrogen-bond donors (Lipinski definition) is 3. The highest BCUT2D eigenvalue weighted by atomic mass is 19.1. The van der Waals surface area contributed by atoms with Crippen molar-refractivity contribution in [2.45, 2.75) is 18.9 Å². The van der Waals surface area contributed by atoms with E-state index >= 15 is 0 Å². The summed E-state index contributed by atoms with van der Waals surface area (Å²) in [6.07, 6.45) is -0.995. The van der Waals surface area contributed by atoms with E-state index in [-0.39, 0.29) is 0 Å². The molecule has 1 aromatic rings. The Hall–Kier alpha value is -3.04. The van der Waals surface area contributed by atoms with Crippen molar-refractivity contribution in [1.29, 1.82) is 0 Å². The molecule has 0 bridgehead atoms. The van der Waals surface area contributed by atoms with Crippen molar-refractivity contribution in [1.82, 2.24) is 5.32 Å². The quantitative estimate of drug-likeness (QED) is 0.389. The van der Waals surface area contributed by atoms with Crippen LogP contribution in [0.15, 0.2) is 18.2 Å². The second kappa shape index (κ2) is 6.16. The molecule has 0 unspecified atom stereocenters. The van der Waals surface area contributed by atoms with Gasteiger partial charge >= 0.3 is 11.9 Å². The number of carbonyl (C=O) groups is 3. The number of halogens is 1. The lowest BCUT2D eigenvalue weighted by Crippen LogP contribution is -2.61. The molecule has 1 amide bonds. The van der Waals surface area contributed by atoms with Crippen molar-refractivity contribution in [3.63, 3.8) is 0 Å². The number of benzene rings is 1. The molecule has 0 aliphatic heterocycles. The van der Waals surface area contributed by atoms with Crippen LogP contribution in [0.4, 0.5) is 10.1 Å². The third-order valence-corrected chi connectivity index (χ3v) is 2.81. The number of rotatable bonds is 6. The number of carboxylic acids is 2. The lowest BCUT2D eigenvalue weighted by atomic mass is 9.89. The van der Waals surface area contributed by atoms with Gasteiger partial charge in [-0.3, -0.25) is 14.9 Å². The summed E-state index contributed by atoms with van der Waals surface area (Å²) < 4.78 is 13.2. The average molecular weight is 314 g/mol. The van der Waals surface area contributed by atoms with Gasteiger partial charge in [-0.2, -0.15) is 0 Å². The molecule has 0 fully saturated rings. The van der Waals surface area contributed by atoms with Crippen molar-refractivity contribution in [2.24, 2.45) is 0 Å². The molecule has 118 valence electrons. The first-order chi connectivity index (χ1) is 10.1. The summed E-state index contributed by atoms with van der Waals surface area (Å²) in [5.74, 6) is -5.75. The predicted molar refractivity (Wildman–Crippen MR) is 68.6 cm³/mol. The van der Waals surface area contributed by atoms with Crippen LogP contribution < -0.4 is 5.32 Å². The molecule has 0 saturated heterocycles. The number of nitro benzene ring substituents is 1. The van der Waals surface area contributed by atoms with Gasteiger partial charge in [0.05, 0.1) is 4.92 Å². The molecular weight excluding hydrogens is 303 g/mol. The number of hydrogen-bond acceptors (Lipinski definition) is 5. The molecule has 1 aromatic carbocycles. The van der Waals surface area contributed by atoms with Gasteiger partial charge in [0.25, 0.3) is 5.69 Å². The molecule has 0 atom stereocenters. The average Bonchev–Trinajstić information content (AvgIpc) is 2.36. The second-order valence-corrected chi connectivity index (χ2v) is 4.40. The first-order valence-electron chi connectivity index (χ1n) is 5.78. The van der Waals surface area contributed by atoms with Crippen LogP contribution in [-0.2, 0) is 20.8 Å². The van der Waals surface area contributed by atoms with E-state index in [1.165, 1.54) is 0 Å². The van der Waals surface area contributed by atoms with Crippen molar-refractivity contribution < 1.29 is 33.9 Å². The molecule has 3 N–H and O–H groups in total. The number of carboxylic acid groups (broad SMARTS) is 2. The first kappa shape index (κ1) is 17.0. The summed E-state index contributed by atoms with van der Waals surface area (Å²) in [6, 6.07) is 2.22. The van der Waals surface area contributed by atoms with E-state index in [2.05, 4.69) is 0 Å². The van der Waals surface area contributed by atoms with Crippen LogP contribution in [0.5, 0.6) is 0 Å². The number of carbonyl (C=O) groups excluding carboxylic acids is 1. The number of aliphatic carboxylic acids is 2. The van der Waals surface area contributed by atoms with E-state index in [1.54, 1.807) is 5.32 Å². The maximum atomic E-state index is 13.2. The first-order valence-corrected chi connectivity index (χ1v) is 5.78. The Balaban J connectivity index is 3.45. The second-order valence-electron chi connectivity index (χ2n) is 4.40. The van der Waals surface area contributed by atoms with Crippen LogP contribution in [0.1, 0.15) is 12.5 Å². The fourth-order valence-corrected chi connectivity index (χ4v) is 1.85. The van der Waals surface area contributed by atoms with Crippen LogP contribution in [0, 0.1) is 15.9 Å². The minimum atomic E-state index is -2.84. The van der Waals surface area contributed by atoms with E-state index in [4.69, 9.17) is 10.2 Å². The number of amides is 1. The Bertz CT molecular complexity index is 645. The molecule has 0 spiro atoms. The van der Waals surface area contributed by atoms with Crippen LogP contribution in [-0.4, -0.2) is 38.5 Å². The Morgan fingerprint density at radius 2 is 1.86 bits per heavy atom. The van der Waals surface area contributed by atoms with Crippen LogP contribution in [0.2, 0.25) is 0 Å². The summed E-state index contributed by atoms with van der Waals surface area (Å²) in [5.41, 5.74) is -3.97. The monoisotopic (exact) mass is 314 g/mol. The largest absolute Gasteiger partial charge is 0.479 e. The predicted octanol–water partition coefficient (Wildman–Crippen LogP) is 0.320. The Morgan fingerprint density at radius 3 is 2.27 bits per heavy atom. The van der Waals surface area contributed by atoms with Gasteiger partial charge in [-0.05, 0) is 12.1 Å². The molecule has 9 nitrogen and oxygen atoms in total. The maximum absolute atomic E-state index is 13.2. The van der Waals surface area contributed by atoms with Gasteiger partial charge in [-0.15, -0.1) is 0 Å². The van der Waals surface area contributed by atoms with Crippen LogP contribution in [0.25, 0.3) is 0 Å². The highest BCUT2D eigenvalue weighted by molar-refractivity contribution is 6.06. The molecule has 0 saturated carbocycles. The number of nitrogens with one attached hydrogen (secondary N) is 1. The van der Waals surface area contributed by atoms with Gasteiger partial charge in [0.2, 0.25) is 11.4 Å². The molecular formula is C12H11FN2O7. The van der Waals surface area contributed by atoms with Crippen LogP contribution in [0.3, 0.4) is 0 Å². The third kappa shape index (κ3) is 3.34. The van der Waals surface area contributed by atoms with Crippen molar-refractivity contribution in [3.05, 3.63) is 39.7 Å². The third-order valence-electron chi connectivity index (χ3n) is 2.81. The van der Waals surface area contributed by atoms with E-state index in [1.807, 2.05) is 0 Å². The summed E-state index contributed by atoms with van der Waals surface area (Å²) in [6.45, 7) is 0.890. The Kier molecular flexibility index (Phi) is 4.76. The topological polar surface area (TPSA) is 147 Å². The molecule has 1 rings (SSSR count). The Morgan fingerprint density at radius 1 is 1.32 bits per heavy atom. The molecule has 22 heavy (non-hydrogen) atoms. The molecule has 0 aliphatic rings. The summed E-state index contributed by atoms with van der Waals surface area (Å²) in [7, 11) is 0. The zero-order chi connectivity index (χ0) is 17.1. The summed E-state index contributed by atoms with van der Waals surface area (Å²) >= 11 is 0. The highest BCUT2D eigenvalue weighted by Crippen LogP contribution is 2.25. The van der Waals surface area contributed by atoms with Gasteiger partial charge in [0, 0.05) is 25.0 Å². The molecule has 0 radical (unpaired) electrons. The summed E-state index contributed by atoms with van der Waals surface area (Å²) in [4.78, 5) is 43.7. The lowest BCUT2D eigenvalue weighted by molar-refractivity contribution is -0.385. The van der Waals surface area contributed by atoms with E-state index in [0.717, 1.165) is 19.1 Å². The number of nitro groups is 1. The highest BCUT2D eigenvalue weighted by Gasteiger charge is 2.49. The standard InChI is InChI=1S/C12H11FN2O7/c1-6(16)14-12(10(17)18,11(19)20)5-7-4-8(13)2-3-9(7)15(21)22/h2-4H,5H2,1H3,(H,14,16)(H,17,18)(H,19,20). The summed E-state index contributed by atoms with van der Waals surface area (Å²) in [5, 5.41) is 30.9. The minimum Gasteiger partial charge on any atom is -0.479 e. The lowest BCUT2D eigenvalue weighted by Gasteiger charge is -2.25. The molecule has 0 aromatic heterocycles. The molecule has 10 heteroatoms. The zero-order valence-corrected chi connectivity index (χ0v) is 11.2. The smallest absolute Gasteiger partial charge is 0.341 e. The van der Waals surface area contributed by atoms with Gasteiger partial charge in [-0.25, -0.2) is 14.0 Å².